The van der Waals surface area contributed by atoms with Crippen LogP contribution < -0.4 is 0 Å². The molecule has 0 radical (unpaired) electrons. The Kier molecular flexibility index (Phi) is 4.99. The van der Waals surface area contributed by atoms with Gasteiger partial charge in [0.05, 0.1) is 30.5 Å². The third kappa shape index (κ3) is 3.60. The van der Waals surface area contributed by atoms with Gasteiger partial charge in [0.15, 0.2) is 0 Å². The molecule has 3 fully saturated rings. The van der Waals surface area contributed by atoms with Crippen molar-refractivity contribution in [2.24, 2.45) is 0 Å². The summed E-state index contributed by atoms with van der Waals surface area (Å²) in [5, 5.41) is 18.9. The first-order chi connectivity index (χ1) is 10.5. The number of esters is 1. The van der Waals surface area contributed by atoms with E-state index in [-0.39, 0.29) is 30.5 Å². The summed E-state index contributed by atoms with van der Waals surface area (Å²) in [6.45, 7) is 0. The molecule has 3 rings (SSSR count). The summed E-state index contributed by atoms with van der Waals surface area (Å²) in [5.74, 6) is -0.556. The van der Waals surface area contributed by atoms with Crippen molar-refractivity contribution in [1.29, 1.82) is 0 Å². The fourth-order valence-electron chi connectivity index (χ4n) is 2.76. The first-order valence-corrected chi connectivity index (χ1v) is 7.95. The summed E-state index contributed by atoms with van der Waals surface area (Å²) >= 11 is 0. The lowest BCUT2D eigenvalue weighted by Gasteiger charge is -2.39. The Morgan fingerprint density at radius 3 is 2.23 bits per heavy atom. The van der Waals surface area contributed by atoms with Crippen molar-refractivity contribution in [3.05, 3.63) is 0 Å². The van der Waals surface area contributed by atoms with E-state index in [0.29, 0.717) is 38.5 Å². The molecule has 22 heavy (non-hydrogen) atoms. The lowest BCUT2D eigenvalue weighted by Crippen LogP contribution is -2.49. The van der Waals surface area contributed by atoms with E-state index in [2.05, 4.69) is 0 Å². The SMILES string of the molecule is COC1CC(OC(=O)C(OC2CC(O)C2)OC2CCC2O)C1. The zero-order valence-electron chi connectivity index (χ0n) is 12.7. The predicted octanol–water partition coefficient (Wildman–Crippen LogP) is 0.113. The number of carbonyl (C=O) groups is 1. The fraction of sp³-hybridized carbons (Fsp3) is 0.933. The zero-order valence-corrected chi connectivity index (χ0v) is 12.7. The Balaban J connectivity index is 1.49. The largest absolute Gasteiger partial charge is 0.458 e. The van der Waals surface area contributed by atoms with Crippen molar-refractivity contribution in [1.82, 2.24) is 0 Å². The van der Waals surface area contributed by atoms with Crippen LogP contribution in [0.3, 0.4) is 0 Å². The van der Waals surface area contributed by atoms with Crippen molar-refractivity contribution in [3.63, 3.8) is 0 Å². The minimum absolute atomic E-state index is 0.147. The quantitative estimate of drug-likeness (QED) is 0.508. The van der Waals surface area contributed by atoms with Gasteiger partial charge >= 0.3 is 5.97 Å². The van der Waals surface area contributed by atoms with Gasteiger partial charge in [0, 0.05) is 20.0 Å². The number of rotatable bonds is 7. The average Bonchev–Trinajstić information content (AvgIpc) is 2.42. The summed E-state index contributed by atoms with van der Waals surface area (Å²) in [7, 11) is 1.64. The van der Waals surface area contributed by atoms with Crippen LogP contribution in [0.15, 0.2) is 0 Å². The number of ether oxygens (including phenoxy) is 4. The molecule has 3 aliphatic rings. The van der Waals surface area contributed by atoms with Crippen LogP contribution in [0.1, 0.15) is 38.5 Å². The molecule has 0 aromatic rings. The van der Waals surface area contributed by atoms with Crippen LogP contribution in [0, 0.1) is 0 Å². The molecule has 3 atom stereocenters. The Hall–Kier alpha value is -0.730. The number of aliphatic hydroxyl groups excluding tert-OH is 2. The zero-order chi connectivity index (χ0) is 15.7. The monoisotopic (exact) mass is 316 g/mol. The minimum Gasteiger partial charge on any atom is -0.458 e. The molecular weight excluding hydrogens is 292 g/mol. The van der Waals surface area contributed by atoms with E-state index in [1.807, 2.05) is 0 Å². The Bertz CT molecular complexity index is 389. The van der Waals surface area contributed by atoms with E-state index >= 15 is 0 Å². The Morgan fingerprint density at radius 1 is 1.00 bits per heavy atom. The lowest BCUT2D eigenvalue weighted by atomic mass is 9.91. The van der Waals surface area contributed by atoms with E-state index in [4.69, 9.17) is 18.9 Å². The van der Waals surface area contributed by atoms with Crippen molar-refractivity contribution < 1.29 is 34.0 Å². The molecule has 126 valence electrons. The molecule has 7 heteroatoms. The number of carbonyl (C=O) groups excluding carboxylic acids is 1. The van der Waals surface area contributed by atoms with E-state index in [0.717, 1.165) is 0 Å². The molecule has 0 aliphatic heterocycles. The van der Waals surface area contributed by atoms with E-state index in [9.17, 15) is 15.0 Å². The van der Waals surface area contributed by atoms with Crippen LogP contribution >= 0.6 is 0 Å². The molecule has 0 bridgehead atoms. The summed E-state index contributed by atoms with van der Waals surface area (Å²) in [4.78, 5) is 12.2. The second-order valence-corrected chi connectivity index (χ2v) is 6.42. The molecule has 0 heterocycles. The maximum absolute atomic E-state index is 12.2. The smallest absolute Gasteiger partial charge is 0.363 e. The highest BCUT2D eigenvalue weighted by Crippen LogP contribution is 2.31. The van der Waals surface area contributed by atoms with Gasteiger partial charge < -0.3 is 29.2 Å². The highest BCUT2D eigenvalue weighted by molar-refractivity contribution is 5.73. The number of hydrogen-bond acceptors (Lipinski definition) is 7. The Labute approximate surface area is 129 Å². The highest BCUT2D eigenvalue weighted by Gasteiger charge is 2.41. The molecule has 3 aliphatic carbocycles. The summed E-state index contributed by atoms with van der Waals surface area (Å²) in [6.07, 6.45) is 1.10. The van der Waals surface area contributed by atoms with E-state index < -0.39 is 18.4 Å². The summed E-state index contributed by atoms with van der Waals surface area (Å²) in [5.41, 5.74) is 0. The summed E-state index contributed by atoms with van der Waals surface area (Å²) in [6, 6.07) is 0. The van der Waals surface area contributed by atoms with Crippen LogP contribution in [0.4, 0.5) is 0 Å². The van der Waals surface area contributed by atoms with Gasteiger partial charge in [-0.15, -0.1) is 0 Å². The van der Waals surface area contributed by atoms with Gasteiger partial charge in [-0.2, -0.15) is 0 Å². The molecule has 3 unspecified atom stereocenters. The Morgan fingerprint density at radius 2 is 1.73 bits per heavy atom. The standard InChI is InChI=1S/C15H24O7/c1-19-9-6-11(7-9)20-14(18)15(21-10-4-8(16)5-10)22-13-3-2-12(13)17/h8-13,15-17H,2-7H2,1H3. The molecule has 3 saturated carbocycles. The number of methoxy groups -OCH3 is 1. The molecule has 0 spiro atoms. The number of hydrogen-bond donors (Lipinski definition) is 2. The predicted molar refractivity (Wildman–Crippen MR) is 73.9 cm³/mol. The van der Waals surface area contributed by atoms with Crippen LogP contribution in [0.5, 0.6) is 0 Å². The topological polar surface area (TPSA) is 94.5 Å². The van der Waals surface area contributed by atoms with Gasteiger partial charge in [0.1, 0.15) is 6.10 Å². The maximum atomic E-state index is 12.2. The van der Waals surface area contributed by atoms with Crippen molar-refractivity contribution in [2.45, 2.75) is 81.4 Å². The first kappa shape index (κ1) is 16.1. The third-order valence-corrected chi connectivity index (χ3v) is 4.72. The van der Waals surface area contributed by atoms with Crippen molar-refractivity contribution in [2.75, 3.05) is 7.11 Å². The molecule has 0 amide bonds. The molecule has 0 aromatic carbocycles. The van der Waals surface area contributed by atoms with E-state index in [1.54, 1.807) is 7.11 Å². The third-order valence-electron chi connectivity index (χ3n) is 4.72. The molecule has 0 saturated heterocycles. The molecule has 7 nitrogen and oxygen atoms in total. The van der Waals surface area contributed by atoms with Gasteiger partial charge in [0.2, 0.25) is 0 Å². The van der Waals surface area contributed by atoms with E-state index in [1.165, 1.54) is 0 Å². The highest BCUT2D eigenvalue weighted by atomic mass is 16.7. The number of aliphatic hydroxyl groups is 2. The van der Waals surface area contributed by atoms with Crippen LogP contribution in [-0.4, -0.2) is 66.2 Å². The molecule has 2 N–H and O–H groups in total. The second-order valence-electron chi connectivity index (χ2n) is 6.42. The first-order valence-electron chi connectivity index (χ1n) is 7.95. The van der Waals surface area contributed by atoms with Gasteiger partial charge in [0.25, 0.3) is 6.29 Å². The fourth-order valence-corrected chi connectivity index (χ4v) is 2.76. The van der Waals surface area contributed by atoms with Crippen molar-refractivity contribution >= 4 is 5.97 Å². The molecule has 0 aromatic heterocycles. The van der Waals surface area contributed by atoms with Gasteiger partial charge in [-0.05, 0) is 25.7 Å². The van der Waals surface area contributed by atoms with Crippen molar-refractivity contribution in [3.8, 4) is 0 Å². The lowest BCUT2D eigenvalue weighted by molar-refractivity contribution is -0.259. The van der Waals surface area contributed by atoms with Crippen LogP contribution in [0.25, 0.3) is 0 Å². The molecular formula is C15H24O7. The van der Waals surface area contributed by atoms with Crippen LogP contribution in [0.2, 0.25) is 0 Å². The maximum Gasteiger partial charge on any atom is 0.363 e. The minimum atomic E-state index is -1.13. The van der Waals surface area contributed by atoms with Gasteiger partial charge in [-0.25, -0.2) is 4.79 Å². The average molecular weight is 316 g/mol. The normalized spacial score (nSPS) is 41.8. The second kappa shape index (κ2) is 6.80. The van der Waals surface area contributed by atoms with Gasteiger partial charge in [-0.1, -0.05) is 0 Å². The van der Waals surface area contributed by atoms with Crippen LogP contribution in [-0.2, 0) is 23.7 Å². The van der Waals surface area contributed by atoms with Gasteiger partial charge in [-0.3, -0.25) is 0 Å². The summed E-state index contributed by atoms with van der Waals surface area (Å²) < 4.78 is 21.7.